The summed E-state index contributed by atoms with van der Waals surface area (Å²) in [7, 11) is 0. The van der Waals surface area contributed by atoms with E-state index in [-0.39, 0.29) is 0 Å². The van der Waals surface area contributed by atoms with Gasteiger partial charge in [-0.05, 0) is 30.7 Å². The van der Waals surface area contributed by atoms with Crippen LogP contribution in [0.3, 0.4) is 0 Å². The Morgan fingerprint density at radius 2 is 1.73 bits per heavy atom. The van der Waals surface area contributed by atoms with Crippen LogP contribution in [0, 0.1) is 17.8 Å². The number of fused-ring (bicyclic) bond motifs is 2. The van der Waals surface area contributed by atoms with Gasteiger partial charge in [-0.3, -0.25) is 0 Å². The summed E-state index contributed by atoms with van der Waals surface area (Å²) < 4.78 is 1.27. The van der Waals surface area contributed by atoms with Gasteiger partial charge in [0.05, 0.1) is 6.54 Å². The maximum Gasteiger partial charge on any atom is 0.127 e. The van der Waals surface area contributed by atoms with E-state index in [1.165, 1.54) is 62.1 Å². The molecule has 0 spiro atoms. The zero-order valence-electron chi connectivity index (χ0n) is 13.2. The molecular weight excluding hydrogens is 336 g/mol. The van der Waals surface area contributed by atoms with E-state index in [0.717, 1.165) is 17.8 Å². The zero-order chi connectivity index (χ0) is 14.9. The first-order chi connectivity index (χ1) is 10.8. The SMILES string of the molecule is Brc1ccccc1C[NH+]1CC[NH+](C[C@H]2C[C@@H]3C=C[C@H]2C3)CC1. The average Bonchev–Trinajstić information content (AvgIpc) is 3.14. The van der Waals surface area contributed by atoms with Crippen LogP contribution in [-0.4, -0.2) is 32.7 Å². The molecule has 3 heteroatoms. The quantitative estimate of drug-likeness (QED) is 0.737. The minimum absolute atomic E-state index is 0.920. The van der Waals surface area contributed by atoms with Crippen molar-refractivity contribution in [1.82, 2.24) is 0 Å². The lowest BCUT2D eigenvalue weighted by atomic mass is 9.93. The zero-order valence-corrected chi connectivity index (χ0v) is 14.8. The normalized spacial score (nSPS) is 36.9. The molecule has 3 aliphatic rings. The number of hydrogen-bond acceptors (Lipinski definition) is 0. The number of nitrogens with one attached hydrogen (secondary N) is 2. The Hall–Kier alpha value is -0.640. The molecule has 1 saturated carbocycles. The maximum absolute atomic E-state index is 3.69. The summed E-state index contributed by atoms with van der Waals surface area (Å²) >= 11 is 3.69. The second-order valence-corrected chi connectivity index (χ2v) is 8.37. The molecule has 0 aromatic heterocycles. The Morgan fingerprint density at radius 1 is 0.955 bits per heavy atom. The smallest absolute Gasteiger partial charge is 0.127 e. The standard InChI is InChI=1S/C19H25BrN2/c20-19-4-2-1-3-17(19)13-21-7-9-22(10-8-21)14-18-12-15-5-6-16(18)11-15/h1-6,15-16,18H,7-14H2/p+2/t15-,16+,18-/m1/s1. The molecule has 118 valence electrons. The molecule has 1 aliphatic heterocycles. The fourth-order valence-electron chi connectivity index (χ4n) is 4.75. The van der Waals surface area contributed by atoms with Crippen molar-refractivity contribution in [3.8, 4) is 0 Å². The van der Waals surface area contributed by atoms with Gasteiger partial charge in [-0.1, -0.05) is 46.3 Å². The van der Waals surface area contributed by atoms with Gasteiger partial charge in [0.2, 0.25) is 0 Å². The summed E-state index contributed by atoms with van der Waals surface area (Å²) in [6.45, 7) is 7.97. The van der Waals surface area contributed by atoms with E-state index in [1.54, 1.807) is 4.90 Å². The van der Waals surface area contributed by atoms with Crippen molar-refractivity contribution in [2.24, 2.45) is 17.8 Å². The topological polar surface area (TPSA) is 8.88 Å². The van der Waals surface area contributed by atoms with E-state index < -0.39 is 0 Å². The maximum atomic E-state index is 3.69. The molecule has 22 heavy (non-hydrogen) atoms. The largest absolute Gasteiger partial charge is 0.325 e. The predicted octanol–water partition coefficient (Wildman–Crippen LogP) is 0.945. The van der Waals surface area contributed by atoms with Gasteiger partial charge in [-0.25, -0.2) is 0 Å². The second-order valence-electron chi connectivity index (χ2n) is 7.51. The minimum atomic E-state index is 0.920. The van der Waals surface area contributed by atoms with Gasteiger partial charge in [0.15, 0.2) is 0 Å². The number of halogens is 1. The van der Waals surface area contributed by atoms with Crippen molar-refractivity contribution in [2.45, 2.75) is 19.4 Å². The molecule has 2 fully saturated rings. The summed E-state index contributed by atoms with van der Waals surface area (Å²) in [6, 6.07) is 8.69. The average molecular weight is 363 g/mol. The van der Waals surface area contributed by atoms with Crippen molar-refractivity contribution in [2.75, 3.05) is 32.7 Å². The molecule has 1 saturated heterocycles. The third-order valence-corrected chi connectivity index (χ3v) is 6.80. The van der Waals surface area contributed by atoms with Crippen LogP contribution >= 0.6 is 15.9 Å². The summed E-state index contributed by atoms with van der Waals surface area (Å²) in [5.74, 6) is 2.83. The van der Waals surface area contributed by atoms with Gasteiger partial charge >= 0.3 is 0 Å². The second kappa shape index (κ2) is 6.46. The number of hydrogen-bond donors (Lipinski definition) is 2. The molecular formula is C19H27BrN2+2. The van der Waals surface area contributed by atoms with E-state index >= 15 is 0 Å². The molecule has 2 N–H and O–H groups in total. The van der Waals surface area contributed by atoms with E-state index in [1.807, 2.05) is 4.90 Å². The lowest BCUT2D eigenvalue weighted by Gasteiger charge is -2.32. The van der Waals surface area contributed by atoms with Gasteiger partial charge < -0.3 is 9.80 Å². The summed E-state index contributed by atoms with van der Waals surface area (Å²) in [5, 5.41) is 0. The first-order valence-corrected chi connectivity index (χ1v) is 9.66. The fraction of sp³-hybridized carbons (Fsp3) is 0.579. The Morgan fingerprint density at radius 3 is 2.41 bits per heavy atom. The van der Waals surface area contributed by atoms with Gasteiger partial charge in [-0.2, -0.15) is 0 Å². The van der Waals surface area contributed by atoms with Crippen LogP contribution in [0.2, 0.25) is 0 Å². The van der Waals surface area contributed by atoms with Crippen LogP contribution < -0.4 is 9.80 Å². The summed E-state index contributed by atoms with van der Waals surface area (Å²) in [4.78, 5) is 3.62. The minimum Gasteiger partial charge on any atom is -0.325 e. The number of rotatable bonds is 4. The Kier molecular flexibility index (Phi) is 4.38. The van der Waals surface area contributed by atoms with Crippen LogP contribution in [0.4, 0.5) is 0 Å². The van der Waals surface area contributed by atoms with Crippen LogP contribution in [0.1, 0.15) is 18.4 Å². The third kappa shape index (κ3) is 3.17. The van der Waals surface area contributed by atoms with Crippen molar-refractivity contribution in [3.05, 3.63) is 46.5 Å². The molecule has 1 aromatic rings. The molecule has 2 aliphatic carbocycles. The number of benzene rings is 1. The number of quaternary nitrogens is 2. The predicted molar refractivity (Wildman–Crippen MR) is 93.0 cm³/mol. The molecule has 1 aromatic carbocycles. The van der Waals surface area contributed by atoms with E-state index in [9.17, 15) is 0 Å². The number of allylic oxidation sites excluding steroid dienone is 2. The Balaban J connectivity index is 1.26. The molecule has 0 amide bonds. The van der Waals surface area contributed by atoms with Crippen LogP contribution in [0.15, 0.2) is 40.9 Å². The monoisotopic (exact) mass is 362 g/mol. The Bertz CT molecular complexity index is 548. The van der Waals surface area contributed by atoms with E-state index in [2.05, 4.69) is 52.3 Å². The first kappa shape index (κ1) is 14.9. The van der Waals surface area contributed by atoms with Gasteiger partial charge in [0, 0.05) is 16.0 Å². The van der Waals surface area contributed by atoms with Crippen molar-refractivity contribution < 1.29 is 9.80 Å². The van der Waals surface area contributed by atoms with Crippen LogP contribution in [-0.2, 0) is 6.54 Å². The lowest BCUT2D eigenvalue weighted by Crippen LogP contribution is -3.27. The highest BCUT2D eigenvalue weighted by molar-refractivity contribution is 9.10. The molecule has 2 nitrogen and oxygen atoms in total. The molecule has 0 radical (unpaired) electrons. The highest BCUT2D eigenvalue weighted by Gasteiger charge is 2.38. The molecule has 1 heterocycles. The fourth-order valence-corrected chi connectivity index (χ4v) is 5.17. The summed E-state index contributed by atoms with van der Waals surface area (Å²) in [6.07, 6.45) is 7.90. The van der Waals surface area contributed by atoms with Gasteiger partial charge in [-0.15, -0.1) is 0 Å². The highest BCUT2D eigenvalue weighted by atomic mass is 79.9. The van der Waals surface area contributed by atoms with Gasteiger partial charge in [0.1, 0.15) is 32.7 Å². The van der Waals surface area contributed by atoms with Crippen LogP contribution in [0.5, 0.6) is 0 Å². The van der Waals surface area contributed by atoms with Crippen molar-refractivity contribution in [3.63, 3.8) is 0 Å². The molecule has 3 atom stereocenters. The lowest BCUT2D eigenvalue weighted by molar-refractivity contribution is -1.02. The Labute approximate surface area is 142 Å². The molecule has 4 rings (SSSR count). The molecule has 0 unspecified atom stereocenters. The van der Waals surface area contributed by atoms with Crippen LogP contribution in [0.25, 0.3) is 0 Å². The molecule has 2 bridgehead atoms. The van der Waals surface area contributed by atoms with Crippen molar-refractivity contribution >= 4 is 15.9 Å². The summed E-state index contributed by atoms with van der Waals surface area (Å²) in [5.41, 5.74) is 1.46. The highest BCUT2D eigenvalue weighted by Crippen LogP contribution is 2.42. The third-order valence-electron chi connectivity index (χ3n) is 6.03. The number of piperazine rings is 1. The first-order valence-electron chi connectivity index (χ1n) is 8.87. The van der Waals surface area contributed by atoms with E-state index in [4.69, 9.17) is 0 Å². The van der Waals surface area contributed by atoms with Crippen molar-refractivity contribution in [1.29, 1.82) is 0 Å². The van der Waals surface area contributed by atoms with Gasteiger partial charge in [0.25, 0.3) is 0 Å². The van der Waals surface area contributed by atoms with E-state index in [0.29, 0.717) is 0 Å².